The summed E-state index contributed by atoms with van der Waals surface area (Å²) in [5.41, 5.74) is 2.41. The minimum absolute atomic E-state index is 0.309. The number of hydrogen-bond donors (Lipinski definition) is 1. The quantitative estimate of drug-likeness (QED) is 0.269. The lowest BCUT2D eigenvalue weighted by Crippen LogP contribution is -2.26. The van der Waals surface area contributed by atoms with E-state index in [0.717, 1.165) is 28.4 Å². The van der Waals surface area contributed by atoms with Gasteiger partial charge < -0.3 is 5.11 Å². The molecule has 0 aliphatic heterocycles. The molecule has 0 spiro atoms. The molecular formula is C30H28ClNO4S. The predicted octanol–water partition coefficient (Wildman–Crippen LogP) is 6.30. The van der Waals surface area contributed by atoms with Crippen LogP contribution in [-0.2, 0) is 15.4 Å². The van der Waals surface area contributed by atoms with Crippen LogP contribution >= 0.6 is 11.6 Å². The van der Waals surface area contributed by atoms with E-state index >= 15 is 0 Å². The van der Waals surface area contributed by atoms with Gasteiger partial charge >= 0.3 is 0 Å². The zero-order chi connectivity index (χ0) is 26.8. The largest absolute Gasteiger partial charge is 0.386 e. The van der Waals surface area contributed by atoms with Gasteiger partial charge in [0.05, 0.1) is 28.5 Å². The molecule has 4 rings (SSSR count). The third-order valence-corrected chi connectivity index (χ3v) is 7.25. The van der Waals surface area contributed by atoms with Crippen LogP contribution in [0.25, 0.3) is 23.1 Å². The van der Waals surface area contributed by atoms with E-state index in [0.29, 0.717) is 21.7 Å². The summed E-state index contributed by atoms with van der Waals surface area (Å²) >= 11 is 6.10. The van der Waals surface area contributed by atoms with E-state index in [1.165, 1.54) is 0 Å². The van der Waals surface area contributed by atoms with Crippen molar-refractivity contribution in [2.24, 2.45) is 0 Å². The van der Waals surface area contributed by atoms with E-state index in [9.17, 15) is 18.3 Å². The lowest BCUT2D eigenvalue weighted by molar-refractivity contribution is 0.0750. The van der Waals surface area contributed by atoms with Crippen molar-refractivity contribution in [2.75, 3.05) is 12.0 Å². The number of benzene rings is 3. The van der Waals surface area contributed by atoms with Crippen molar-refractivity contribution >= 4 is 50.3 Å². The van der Waals surface area contributed by atoms with Crippen molar-refractivity contribution in [3.05, 3.63) is 112 Å². The first-order valence-corrected chi connectivity index (χ1v) is 14.2. The van der Waals surface area contributed by atoms with Gasteiger partial charge in [0.15, 0.2) is 5.78 Å². The summed E-state index contributed by atoms with van der Waals surface area (Å²) < 4.78 is 24.7. The molecule has 1 aromatic heterocycles. The van der Waals surface area contributed by atoms with E-state index in [1.807, 2.05) is 54.6 Å². The molecule has 5 nitrogen and oxygen atoms in total. The normalized spacial score (nSPS) is 13.2. The molecule has 0 aliphatic carbocycles. The van der Waals surface area contributed by atoms with Gasteiger partial charge in [0.1, 0.15) is 9.84 Å². The molecule has 3 aromatic carbocycles. The zero-order valence-electron chi connectivity index (χ0n) is 20.9. The Morgan fingerprint density at radius 2 is 1.73 bits per heavy atom. The second-order valence-corrected chi connectivity index (χ2v) is 12.3. The van der Waals surface area contributed by atoms with Crippen molar-refractivity contribution < 1.29 is 18.3 Å². The maximum absolute atomic E-state index is 13.7. The fourth-order valence-electron chi connectivity index (χ4n) is 4.31. The van der Waals surface area contributed by atoms with Crippen LogP contribution < -0.4 is 0 Å². The summed E-state index contributed by atoms with van der Waals surface area (Å²) in [7, 11) is -3.49. The molecule has 1 N–H and O–H groups in total. The van der Waals surface area contributed by atoms with Crippen LogP contribution in [0.5, 0.6) is 0 Å². The van der Waals surface area contributed by atoms with Crippen LogP contribution in [0.3, 0.4) is 0 Å². The molecule has 0 aliphatic rings. The van der Waals surface area contributed by atoms with E-state index in [1.54, 1.807) is 50.2 Å². The van der Waals surface area contributed by atoms with Gasteiger partial charge in [-0.1, -0.05) is 78.3 Å². The van der Waals surface area contributed by atoms with Crippen molar-refractivity contribution in [2.45, 2.75) is 25.4 Å². The average molecular weight is 534 g/mol. The predicted molar refractivity (Wildman–Crippen MR) is 151 cm³/mol. The van der Waals surface area contributed by atoms with Gasteiger partial charge in [-0.15, -0.1) is 0 Å². The molecule has 1 atom stereocenters. The van der Waals surface area contributed by atoms with E-state index < -0.39 is 21.4 Å². The molecule has 0 saturated heterocycles. The SMILES string of the molecule is CC(C)(O)c1ccccc1C(=O)C(CS(C)(=O)=O)c1cccc(/C=C/c2ccc3ccc(Cl)cc3n2)c1. The standard InChI is InChI=1S/C30H28ClNO4S/c1-30(2,34)27-10-5-4-9-25(27)29(33)26(19-37(3,35)36)22-8-6-7-20(17-22)11-15-24-16-13-21-12-14-23(31)18-28(21)32-24/h4-18,26,34H,19H2,1-3H3/b15-11+. The lowest BCUT2D eigenvalue weighted by atomic mass is 9.85. The topological polar surface area (TPSA) is 84.3 Å². The third kappa shape index (κ3) is 6.72. The Bertz CT molecular complexity index is 1600. The van der Waals surface area contributed by atoms with E-state index in [-0.39, 0.29) is 11.5 Å². The molecule has 1 heterocycles. The monoisotopic (exact) mass is 533 g/mol. The molecular weight excluding hydrogens is 506 g/mol. The Balaban J connectivity index is 1.70. The Hall–Kier alpha value is -3.32. The summed E-state index contributed by atoms with van der Waals surface area (Å²) in [6, 6.07) is 23.4. The maximum atomic E-state index is 13.7. The highest BCUT2D eigenvalue weighted by Crippen LogP contribution is 2.30. The molecule has 4 aromatic rings. The average Bonchev–Trinajstić information content (AvgIpc) is 2.84. The molecule has 190 valence electrons. The van der Waals surface area contributed by atoms with Crippen LogP contribution in [0.2, 0.25) is 5.02 Å². The van der Waals surface area contributed by atoms with Gasteiger partial charge in [-0.25, -0.2) is 13.4 Å². The van der Waals surface area contributed by atoms with Crippen molar-refractivity contribution in [3.8, 4) is 0 Å². The van der Waals surface area contributed by atoms with E-state index in [2.05, 4.69) is 4.98 Å². The molecule has 7 heteroatoms. The van der Waals surface area contributed by atoms with Gasteiger partial charge in [-0.2, -0.15) is 0 Å². The number of aliphatic hydroxyl groups is 1. The Morgan fingerprint density at radius 3 is 2.46 bits per heavy atom. The van der Waals surface area contributed by atoms with Crippen LogP contribution in [-0.4, -0.2) is 36.3 Å². The summed E-state index contributed by atoms with van der Waals surface area (Å²) in [6.45, 7) is 3.20. The number of fused-ring (bicyclic) bond motifs is 1. The summed E-state index contributed by atoms with van der Waals surface area (Å²) in [5, 5.41) is 12.2. The molecule has 37 heavy (non-hydrogen) atoms. The molecule has 1 unspecified atom stereocenters. The van der Waals surface area contributed by atoms with E-state index in [4.69, 9.17) is 11.6 Å². The number of hydrogen-bond acceptors (Lipinski definition) is 5. The molecule has 0 bridgehead atoms. The van der Waals surface area contributed by atoms with Gasteiger partial charge in [0.2, 0.25) is 0 Å². The first-order chi connectivity index (χ1) is 17.4. The van der Waals surface area contributed by atoms with Gasteiger partial charge in [-0.05, 0) is 54.8 Å². The Morgan fingerprint density at radius 1 is 1.00 bits per heavy atom. The molecule has 0 fully saturated rings. The first-order valence-electron chi connectivity index (χ1n) is 11.8. The summed E-state index contributed by atoms with van der Waals surface area (Å²) in [4.78, 5) is 18.3. The zero-order valence-corrected chi connectivity index (χ0v) is 22.4. The number of carbonyl (C=O) groups excluding carboxylic acids is 1. The number of nitrogens with zero attached hydrogens (tertiary/aromatic N) is 1. The van der Waals surface area contributed by atoms with Crippen LogP contribution in [0.15, 0.2) is 78.9 Å². The number of sulfone groups is 1. The van der Waals surface area contributed by atoms with Crippen LogP contribution in [0, 0.1) is 0 Å². The minimum Gasteiger partial charge on any atom is -0.386 e. The highest BCUT2D eigenvalue weighted by atomic mass is 35.5. The molecule has 0 radical (unpaired) electrons. The molecule has 0 saturated carbocycles. The molecule has 0 amide bonds. The first kappa shape index (κ1) is 26.7. The number of ketones is 1. The van der Waals surface area contributed by atoms with Gasteiger partial charge in [0, 0.05) is 22.2 Å². The number of aromatic nitrogens is 1. The second kappa shape index (κ2) is 10.6. The maximum Gasteiger partial charge on any atom is 0.171 e. The Labute approximate surface area is 222 Å². The fraction of sp³-hybridized carbons (Fsp3) is 0.200. The summed E-state index contributed by atoms with van der Waals surface area (Å²) in [5.74, 6) is -1.61. The highest BCUT2D eigenvalue weighted by molar-refractivity contribution is 7.90. The smallest absolute Gasteiger partial charge is 0.171 e. The number of Topliss-reactive ketones (excluding diaryl/α,β-unsaturated/α-hetero) is 1. The fourth-order valence-corrected chi connectivity index (χ4v) is 5.42. The third-order valence-electron chi connectivity index (χ3n) is 6.07. The number of halogens is 1. The highest BCUT2D eigenvalue weighted by Gasteiger charge is 2.30. The van der Waals surface area contributed by atoms with Gasteiger partial charge in [0.25, 0.3) is 0 Å². The number of pyridine rings is 1. The lowest BCUT2D eigenvalue weighted by Gasteiger charge is -2.23. The van der Waals surface area contributed by atoms with Crippen molar-refractivity contribution in [3.63, 3.8) is 0 Å². The Kier molecular flexibility index (Phi) is 7.64. The minimum atomic E-state index is -3.49. The second-order valence-electron chi connectivity index (χ2n) is 9.69. The van der Waals surface area contributed by atoms with Crippen LogP contribution in [0.4, 0.5) is 0 Å². The number of carbonyl (C=O) groups is 1. The number of rotatable bonds is 8. The van der Waals surface area contributed by atoms with Crippen LogP contribution in [0.1, 0.15) is 52.5 Å². The van der Waals surface area contributed by atoms with Crippen molar-refractivity contribution in [1.29, 1.82) is 0 Å². The summed E-state index contributed by atoms with van der Waals surface area (Å²) in [6.07, 6.45) is 4.85. The van der Waals surface area contributed by atoms with Crippen molar-refractivity contribution in [1.82, 2.24) is 4.98 Å². The van der Waals surface area contributed by atoms with Gasteiger partial charge in [-0.3, -0.25) is 4.79 Å².